The van der Waals surface area contributed by atoms with E-state index in [1.807, 2.05) is 0 Å². The van der Waals surface area contributed by atoms with Crippen molar-refractivity contribution in [3.63, 3.8) is 0 Å². The van der Waals surface area contributed by atoms with Crippen molar-refractivity contribution in [1.29, 1.82) is 0 Å². The lowest BCUT2D eigenvalue weighted by molar-refractivity contribution is -0.131. The number of rotatable bonds is 6. The first-order valence-corrected chi connectivity index (χ1v) is 5.25. The van der Waals surface area contributed by atoms with Gasteiger partial charge in [-0.3, -0.25) is 0 Å². The SMILES string of the molecule is CCCCCC1=NC(=O)N=C1C=CC(=O)O. The predicted octanol–water partition coefficient (Wildman–Crippen LogP) is 2.22. The summed E-state index contributed by atoms with van der Waals surface area (Å²) in [6.07, 6.45) is 6.03. The molecule has 16 heavy (non-hydrogen) atoms. The number of carboxylic acid groups (broad SMARTS) is 1. The molecule has 0 aromatic carbocycles. The molecule has 1 heterocycles. The number of aliphatic imine (C=N–C) groups is 2. The van der Waals surface area contributed by atoms with Gasteiger partial charge in [-0.1, -0.05) is 19.8 Å². The van der Waals surface area contributed by atoms with Gasteiger partial charge in [-0.05, 0) is 18.9 Å². The summed E-state index contributed by atoms with van der Waals surface area (Å²) in [6.45, 7) is 2.08. The summed E-state index contributed by atoms with van der Waals surface area (Å²) in [6, 6.07) is -0.545. The van der Waals surface area contributed by atoms with Gasteiger partial charge in [0.05, 0.1) is 11.4 Å². The number of urea groups is 1. The molecule has 0 unspecified atom stereocenters. The predicted molar refractivity (Wildman–Crippen MR) is 61.2 cm³/mol. The number of amides is 2. The third-order valence-corrected chi connectivity index (χ3v) is 2.14. The van der Waals surface area contributed by atoms with Crippen LogP contribution < -0.4 is 0 Å². The van der Waals surface area contributed by atoms with Crippen molar-refractivity contribution in [3.8, 4) is 0 Å². The van der Waals surface area contributed by atoms with Gasteiger partial charge in [-0.25, -0.2) is 9.59 Å². The van der Waals surface area contributed by atoms with E-state index >= 15 is 0 Å². The Bertz CT molecular complexity index is 381. The molecular formula is C11H14N2O3. The second-order valence-corrected chi connectivity index (χ2v) is 3.47. The van der Waals surface area contributed by atoms with Gasteiger partial charge in [0.15, 0.2) is 0 Å². The topological polar surface area (TPSA) is 79.1 Å². The molecule has 0 saturated heterocycles. The van der Waals surface area contributed by atoms with Crippen molar-refractivity contribution < 1.29 is 14.7 Å². The Labute approximate surface area is 93.6 Å². The number of unbranched alkanes of at least 4 members (excludes halogenated alkanes) is 2. The largest absolute Gasteiger partial charge is 0.478 e. The number of hydrogen-bond donors (Lipinski definition) is 1. The first-order chi connectivity index (χ1) is 7.63. The van der Waals surface area contributed by atoms with Crippen molar-refractivity contribution >= 4 is 23.4 Å². The highest BCUT2D eigenvalue weighted by atomic mass is 16.4. The highest BCUT2D eigenvalue weighted by Crippen LogP contribution is 2.09. The van der Waals surface area contributed by atoms with Crippen molar-refractivity contribution in [3.05, 3.63) is 12.2 Å². The van der Waals surface area contributed by atoms with Gasteiger partial charge in [0, 0.05) is 6.08 Å². The van der Waals surface area contributed by atoms with Gasteiger partial charge in [0.25, 0.3) is 0 Å². The van der Waals surface area contributed by atoms with Crippen LogP contribution in [-0.2, 0) is 4.79 Å². The molecule has 86 valence electrons. The molecule has 1 aliphatic rings. The molecule has 0 radical (unpaired) electrons. The van der Waals surface area contributed by atoms with Crippen LogP contribution in [0.15, 0.2) is 22.1 Å². The van der Waals surface area contributed by atoms with Crippen molar-refractivity contribution in [2.75, 3.05) is 0 Å². The van der Waals surface area contributed by atoms with Crippen LogP contribution in [0.5, 0.6) is 0 Å². The number of allylic oxidation sites excluding steroid dienone is 1. The minimum atomic E-state index is -1.06. The van der Waals surface area contributed by atoms with Gasteiger partial charge < -0.3 is 5.11 Å². The average molecular weight is 222 g/mol. The summed E-state index contributed by atoms with van der Waals surface area (Å²) in [5, 5.41) is 8.47. The Kier molecular flexibility index (Phi) is 4.57. The quantitative estimate of drug-likeness (QED) is 0.552. The minimum Gasteiger partial charge on any atom is -0.478 e. The standard InChI is InChI=1S/C11H14N2O3/c1-2-3-4-5-8-9(6-7-10(14)15)13-11(16)12-8/h6-7H,2-5H2,1H3,(H,14,15). The molecule has 5 nitrogen and oxygen atoms in total. The van der Waals surface area contributed by atoms with E-state index in [-0.39, 0.29) is 0 Å². The van der Waals surface area contributed by atoms with Crippen LogP contribution in [0.3, 0.4) is 0 Å². The van der Waals surface area contributed by atoms with Crippen LogP contribution in [0.1, 0.15) is 32.6 Å². The first kappa shape index (κ1) is 12.3. The van der Waals surface area contributed by atoms with E-state index in [2.05, 4.69) is 16.9 Å². The fourth-order valence-corrected chi connectivity index (χ4v) is 1.38. The summed E-state index contributed by atoms with van der Waals surface area (Å²) in [7, 11) is 0. The van der Waals surface area contributed by atoms with E-state index in [0.717, 1.165) is 25.3 Å². The summed E-state index contributed by atoms with van der Waals surface area (Å²) in [5.74, 6) is -1.06. The minimum absolute atomic E-state index is 0.378. The molecule has 1 rings (SSSR count). The molecule has 5 heteroatoms. The van der Waals surface area contributed by atoms with Gasteiger partial charge in [0.1, 0.15) is 0 Å². The van der Waals surface area contributed by atoms with Gasteiger partial charge in [-0.2, -0.15) is 9.98 Å². The van der Waals surface area contributed by atoms with Crippen LogP contribution in [0.2, 0.25) is 0 Å². The van der Waals surface area contributed by atoms with E-state index in [1.54, 1.807) is 0 Å². The molecule has 0 aliphatic carbocycles. The second kappa shape index (κ2) is 5.95. The van der Waals surface area contributed by atoms with Crippen molar-refractivity contribution in [2.45, 2.75) is 32.6 Å². The summed E-state index contributed by atoms with van der Waals surface area (Å²) < 4.78 is 0. The monoisotopic (exact) mass is 222 g/mol. The Morgan fingerprint density at radius 1 is 1.38 bits per heavy atom. The molecule has 0 spiro atoms. The normalized spacial score (nSPS) is 15.4. The Morgan fingerprint density at radius 3 is 2.75 bits per heavy atom. The number of carbonyl (C=O) groups excluding carboxylic acids is 1. The maximum Gasteiger partial charge on any atom is 0.367 e. The fraction of sp³-hybridized carbons (Fsp3) is 0.455. The van der Waals surface area contributed by atoms with Crippen LogP contribution in [0, 0.1) is 0 Å². The molecule has 2 amide bonds. The number of carbonyl (C=O) groups is 2. The smallest absolute Gasteiger partial charge is 0.367 e. The zero-order chi connectivity index (χ0) is 12.0. The molecule has 0 fully saturated rings. The molecule has 0 aromatic heterocycles. The van der Waals surface area contributed by atoms with Gasteiger partial charge in [0.2, 0.25) is 0 Å². The Hall–Kier alpha value is -1.78. The number of nitrogens with zero attached hydrogens (tertiary/aromatic N) is 2. The van der Waals surface area contributed by atoms with Crippen molar-refractivity contribution in [2.24, 2.45) is 9.98 Å². The average Bonchev–Trinajstić information content (AvgIpc) is 2.56. The molecule has 0 atom stereocenters. The highest BCUT2D eigenvalue weighted by Gasteiger charge is 2.16. The van der Waals surface area contributed by atoms with E-state index < -0.39 is 12.0 Å². The maximum absolute atomic E-state index is 11.0. The van der Waals surface area contributed by atoms with Crippen LogP contribution in [-0.4, -0.2) is 28.5 Å². The molecule has 1 aliphatic heterocycles. The molecule has 0 saturated carbocycles. The second-order valence-electron chi connectivity index (χ2n) is 3.47. The van der Waals surface area contributed by atoms with E-state index in [9.17, 15) is 9.59 Å². The van der Waals surface area contributed by atoms with E-state index in [1.165, 1.54) is 6.08 Å². The van der Waals surface area contributed by atoms with Gasteiger partial charge in [-0.15, -0.1) is 0 Å². The Balaban J connectivity index is 2.62. The molecule has 0 aromatic rings. The lowest BCUT2D eigenvalue weighted by atomic mass is 10.1. The van der Waals surface area contributed by atoms with Crippen LogP contribution in [0.25, 0.3) is 0 Å². The summed E-state index contributed by atoms with van der Waals surface area (Å²) >= 11 is 0. The van der Waals surface area contributed by atoms with Crippen LogP contribution >= 0.6 is 0 Å². The summed E-state index contributed by atoms with van der Waals surface area (Å²) in [5.41, 5.74) is 0.972. The van der Waals surface area contributed by atoms with Crippen molar-refractivity contribution in [1.82, 2.24) is 0 Å². The fourth-order valence-electron chi connectivity index (χ4n) is 1.38. The zero-order valence-corrected chi connectivity index (χ0v) is 9.14. The third-order valence-electron chi connectivity index (χ3n) is 2.14. The van der Waals surface area contributed by atoms with Gasteiger partial charge >= 0.3 is 12.0 Å². The number of aliphatic carboxylic acids is 1. The molecule has 0 bridgehead atoms. The zero-order valence-electron chi connectivity index (χ0n) is 9.14. The molecule has 1 N–H and O–H groups in total. The van der Waals surface area contributed by atoms with E-state index in [4.69, 9.17) is 5.11 Å². The first-order valence-electron chi connectivity index (χ1n) is 5.25. The number of carboxylic acids is 1. The van der Waals surface area contributed by atoms with E-state index in [0.29, 0.717) is 17.8 Å². The third kappa shape index (κ3) is 3.76. The Morgan fingerprint density at radius 2 is 2.12 bits per heavy atom. The maximum atomic E-state index is 11.0. The lowest BCUT2D eigenvalue weighted by Gasteiger charge is -1.99. The highest BCUT2D eigenvalue weighted by molar-refractivity contribution is 6.51. The summed E-state index contributed by atoms with van der Waals surface area (Å²) in [4.78, 5) is 28.7. The van der Waals surface area contributed by atoms with Crippen LogP contribution in [0.4, 0.5) is 4.79 Å². The lowest BCUT2D eigenvalue weighted by Crippen LogP contribution is -2.08. The number of hydrogen-bond acceptors (Lipinski definition) is 2. The molecular weight excluding hydrogens is 208 g/mol.